The summed E-state index contributed by atoms with van der Waals surface area (Å²) < 4.78 is 10.5. The molecule has 1 rings (SSSR count). The van der Waals surface area contributed by atoms with Crippen molar-refractivity contribution in [2.75, 3.05) is 21.3 Å². The molecule has 3 nitrogen and oxygen atoms in total. The van der Waals surface area contributed by atoms with Crippen LogP contribution in [-0.4, -0.2) is 26.3 Å². The van der Waals surface area contributed by atoms with E-state index in [0.29, 0.717) is 4.99 Å². The van der Waals surface area contributed by atoms with Crippen molar-refractivity contribution in [3.63, 3.8) is 0 Å². The summed E-state index contributed by atoms with van der Waals surface area (Å²) >= 11 is 5.18. The van der Waals surface area contributed by atoms with Crippen molar-refractivity contribution in [2.24, 2.45) is 0 Å². The van der Waals surface area contributed by atoms with Gasteiger partial charge in [0.25, 0.3) is 0 Å². The van der Waals surface area contributed by atoms with Gasteiger partial charge in [0.1, 0.15) is 16.5 Å². The smallest absolute Gasteiger partial charge is 0.135 e. The summed E-state index contributed by atoms with van der Waals surface area (Å²) in [6.45, 7) is 1.94. The van der Waals surface area contributed by atoms with E-state index in [4.69, 9.17) is 21.7 Å². The third-order valence-corrected chi connectivity index (χ3v) is 2.68. The standard InChI is InChI=1S/C11H15NO2S/c1-7-9(13-3)6-5-8(10(7)14-4)11(15)12-2/h5-6H,1-4H3,(H,12,15). The van der Waals surface area contributed by atoms with Crippen LogP contribution in [-0.2, 0) is 0 Å². The van der Waals surface area contributed by atoms with Crippen molar-refractivity contribution in [3.05, 3.63) is 23.3 Å². The summed E-state index contributed by atoms with van der Waals surface area (Å²) in [5, 5.41) is 2.93. The molecule has 0 unspecified atom stereocenters. The molecule has 4 heteroatoms. The van der Waals surface area contributed by atoms with E-state index < -0.39 is 0 Å². The van der Waals surface area contributed by atoms with Gasteiger partial charge in [0.2, 0.25) is 0 Å². The van der Waals surface area contributed by atoms with Gasteiger partial charge < -0.3 is 14.8 Å². The SMILES string of the molecule is CNC(=S)c1ccc(OC)c(C)c1OC. The highest BCUT2D eigenvalue weighted by molar-refractivity contribution is 7.80. The monoisotopic (exact) mass is 225 g/mol. The van der Waals surface area contributed by atoms with Crippen molar-refractivity contribution in [3.8, 4) is 11.5 Å². The van der Waals surface area contributed by atoms with Gasteiger partial charge in [-0.15, -0.1) is 0 Å². The van der Waals surface area contributed by atoms with Gasteiger partial charge in [-0.1, -0.05) is 12.2 Å². The molecule has 0 saturated carbocycles. The molecular formula is C11H15NO2S. The first-order chi connectivity index (χ1) is 7.15. The van der Waals surface area contributed by atoms with E-state index in [1.807, 2.05) is 19.1 Å². The highest BCUT2D eigenvalue weighted by Crippen LogP contribution is 2.31. The van der Waals surface area contributed by atoms with E-state index in [-0.39, 0.29) is 0 Å². The molecule has 0 spiro atoms. The van der Waals surface area contributed by atoms with Crippen LogP contribution in [0.25, 0.3) is 0 Å². The first-order valence-corrected chi connectivity index (χ1v) is 5.00. The van der Waals surface area contributed by atoms with Gasteiger partial charge in [-0.2, -0.15) is 0 Å². The third-order valence-electron chi connectivity index (χ3n) is 2.25. The van der Waals surface area contributed by atoms with Gasteiger partial charge >= 0.3 is 0 Å². The summed E-state index contributed by atoms with van der Waals surface area (Å²) in [5.74, 6) is 1.56. The molecule has 0 radical (unpaired) electrons. The fraction of sp³-hybridized carbons (Fsp3) is 0.364. The fourth-order valence-electron chi connectivity index (χ4n) is 1.47. The third kappa shape index (κ3) is 2.21. The predicted octanol–water partition coefficient (Wildman–Crippen LogP) is 1.91. The predicted molar refractivity (Wildman–Crippen MR) is 65.0 cm³/mol. The number of benzene rings is 1. The lowest BCUT2D eigenvalue weighted by molar-refractivity contribution is 0.388. The molecule has 1 aromatic rings. The average molecular weight is 225 g/mol. The van der Waals surface area contributed by atoms with Crippen LogP contribution in [0.3, 0.4) is 0 Å². The van der Waals surface area contributed by atoms with Crippen LogP contribution in [0, 0.1) is 6.92 Å². The molecule has 0 aliphatic rings. The van der Waals surface area contributed by atoms with Crippen LogP contribution in [0.15, 0.2) is 12.1 Å². The lowest BCUT2D eigenvalue weighted by atomic mass is 10.1. The highest BCUT2D eigenvalue weighted by atomic mass is 32.1. The van der Waals surface area contributed by atoms with Crippen molar-refractivity contribution in [1.29, 1.82) is 0 Å². The molecule has 0 heterocycles. The highest BCUT2D eigenvalue weighted by Gasteiger charge is 2.13. The van der Waals surface area contributed by atoms with Crippen LogP contribution < -0.4 is 14.8 Å². The molecule has 0 aromatic heterocycles. The number of rotatable bonds is 3. The molecule has 0 aliphatic carbocycles. The van der Waals surface area contributed by atoms with Crippen LogP contribution in [0.1, 0.15) is 11.1 Å². The number of thiocarbonyl (C=S) groups is 1. The lowest BCUT2D eigenvalue weighted by Crippen LogP contribution is -2.17. The van der Waals surface area contributed by atoms with Crippen LogP contribution in [0.4, 0.5) is 0 Å². The maximum absolute atomic E-state index is 5.33. The summed E-state index contributed by atoms with van der Waals surface area (Å²) in [6.07, 6.45) is 0. The van der Waals surface area contributed by atoms with Gasteiger partial charge in [0.05, 0.1) is 19.8 Å². The zero-order chi connectivity index (χ0) is 11.4. The Bertz CT molecular complexity index is 377. The maximum Gasteiger partial charge on any atom is 0.135 e. The second-order valence-corrected chi connectivity index (χ2v) is 3.46. The Kier molecular flexibility index (Phi) is 3.91. The number of ether oxygens (including phenoxy) is 2. The fourth-order valence-corrected chi connectivity index (χ4v) is 1.63. The van der Waals surface area contributed by atoms with E-state index >= 15 is 0 Å². The zero-order valence-electron chi connectivity index (χ0n) is 9.38. The second kappa shape index (κ2) is 4.98. The topological polar surface area (TPSA) is 30.5 Å². The van der Waals surface area contributed by atoms with Gasteiger partial charge in [0, 0.05) is 12.6 Å². The zero-order valence-corrected chi connectivity index (χ0v) is 10.2. The largest absolute Gasteiger partial charge is 0.496 e. The van der Waals surface area contributed by atoms with Gasteiger partial charge in [-0.3, -0.25) is 0 Å². The summed E-state index contributed by atoms with van der Waals surface area (Å²) in [5.41, 5.74) is 1.84. The van der Waals surface area contributed by atoms with E-state index in [1.54, 1.807) is 21.3 Å². The van der Waals surface area contributed by atoms with E-state index in [2.05, 4.69) is 5.32 Å². The van der Waals surface area contributed by atoms with Crippen molar-refractivity contribution < 1.29 is 9.47 Å². The summed E-state index contributed by atoms with van der Waals surface area (Å²) in [4.78, 5) is 0.664. The summed E-state index contributed by atoms with van der Waals surface area (Å²) in [6, 6.07) is 3.78. The van der Waals surface area contributed by atoms with Gasteiger partial charge in [-0.05, 0) is 19.1 Å². The number of hydrogen-bond acceptors (Lipinski definition) is 3. The summed E-state index contributed by atoms with van der Waals surface area (Å²) in [7, 11) is 5.06. The molecule has 0 amide bonds. The molecule has 1 aromatic carbocycles. The minimum absolute atomic E-state index is 0.664. The van der Waals surface area contributed by atoms with Crippen LogP contribution in [0.2, 0.25) is 0 Å². The molecule has 0 saturated heterocycles. The van der Waals surface area contributed by atoms with E-state index in [1.165, 1.54) is 0 Å². The van der Waals surface area contributed by atoms with Crippen molar-refractivity contribution >= 4 is 17.2 Å². The number of hydrogen-bond donors (Lipinski definition) is 1. The molecule has 1 N–H and O–H groups in total. The Morgan fingerprint density at radius 3 is 2.40 bits per heavy atom. The van der Waals surface area contributed by atoms with E-state index in [9.17, 15) is 0 Å². The van der Waals surface area contributed by atoms with Crippen LogP contribution in [0.5, 0.6) is 11.5 Å². The quantitative estimate of drug-likeness (QED) is 0.796. The number of methoxy groups -OCH3 is 2. The normalized spacial score (nSPS) is 9.60. The Morgan fingerprint density at radius 2 is 1.93 bits per heavy atom. The molecular weight excluding hydrogens is 210 g/mol. The Hall–Kier alpha value is -1.29. The average Bonchev–Trinajstić information content (AvgIpc) is 2.27. The molecule has 82 valence electrons. The molecule has 0 atom stereocenters. The van der Waals surface area contributed by atoms with Crippen molar-refractivity contribution in [2.45, 2.75) is 6.92 Å². The molecule has 15 heavy (non-hydrogen) atoms. The Balaban J connectivity index is 3.30. The molecule has 0 fully saturated rings. The first kappa shape index (κ1) is 11.8. The Labute approximate surface area is 95.4 Å². The van der Waals surface area contributed by atoms with Gasteiger partial charge in [0.15, 0.2) is 0 Å². The van der Waals surface area contributed by atoms with Crippen LogP contribution >= 0.6 is 12.2 Å². The Morgan fingerprint density at radius 1 is 1.27 bits per heavy atom. The van der Waals surface area contributed by atoms with E-state index in [0.717, 1.165) is 22.6 Å². The lowest BCUT2D eigenvalue weighted by Gasteiger charge is -2.14. The maximum atomic E-state index is 5.33. The second-order valence-electron chi connectivity index (χ2n) is 3.05. The first-order valence-electron chi connectivity index (χ1n) is 4.59. The van der Waals surface area contributed by atoms with Gasteiger partial charge in [-0.25, -0.2) is 0 Å². The minimum Gasteiger partial charge on any atom is -0.496 e. The minimum atomic E-state index is 0.664. The van der Waals surface area contributed by atoms with Crippen molar-refractivity contribution in [1.82, 2.24) is 5.32 Å². The molecule has 0 bridgehead atoms. The molecule has 0 aliphatic heterocycles. The number of nitrogens with one attached hydrogen (secondary N) is 1.